The van der Waals surface area contributed by atoms with E-state index in [4.69, 9.17) is 0 Å². The highest BCUT2D eigenvalue weighted by atomic mass is 16.2. The van der Waals surface area contributed by atoms with Gasteiger partial charge in [0.05, 0.1) is 13.1 Å². The van der Waals surface area contributed by atoms with Crippen LogP contribution in [-0.4, -0.2) is 24.7 Å². The van der Waals surface area contributed by atoms with Gasteiger partial charge in [-0.2, -0.15) is 0 Å². The monoisotopic (exact) mass is 99.0 g/mol. The molecule has 0 atom stereocenters. The van der Waals surface area contributed by atoms with Crippen LogP contribution in [0, 0.1) is 0 Å². The predicted molar refractivity (Wildman–Crippen MR) is 22.9 cm³/mol. The molecule has 0 radical (unpaired) electrons. The molecule has 0 unspecified atom stereocenters. The molecule has 0 spiro atoms. The van der Waals surface area contributed by atoms with E-state index in [1.165, 1.54) is 0 Å². The lowest BCUT2D eigenvalue weighted by molar-refractivity contribution is -0.132. The van der Waals surface area contributed by atoms with Crippen LogP contribution >= 0.6 is 0 Å². The normalized spacial score (nSPS) is 21.1. The van der Waals surface area contributed by atoms with Crippen LogP contribution in [0.3, 0.4) is 0 Å². The van der Waals surface area contributed by atoms with E-state index in [2.05, 4.69) is 5.32 Å². The molecular formula is C4H5NO2. The van der Waals surface area contributed by atoms with Crippen molar-refractivity contribution < 1.29 is 9.59 Å². The van der Waals surface area contributed by atoms with Gasteiger partial charge in [-0.15, -0.1) is 0 Å². The number of carbonyl (C=O) groups excluding carboxylic acids is 2. The van der Waals surface area contributed by atoms with Gasteiger partial charge in [-0.3, -0.25) is 9.59 Å². The topological polar surface area (TPSA) is 46.2 Å². The Labute approximate surface area is 40.7 Å². The minimum absolute atomic E-state index is 0.235. The van der Waals surface area contributed by atoms with Crippen molar-refractivity contribution in [2.45, 2.75) is 0 Å². The number of nitrogens with one attached hydrogen (secondary N) is 1. The minimum atomic E-state index is -0.292. The van der Waals surface area contributed by atoms with Crippen LogP contribution in [0.2, 0.25) is 0 Å². The molecule has 0 aromatic carbocycles. The maximum atomic E-state index is 10.2. The van der Waals surface area contributed by atoms with Crippen LogP contribution in [0.1, 0.15) is 0 Å². The molecule has 1 N–H and O–H groups in total. The average molecular weight is 99.1 g/mol. The van der Waals surface area contributed by atoms with Crippen LogP contribution in [-0.2, 0) is 9.59 Å². The Morgan fingerprint density at radius 3 is 1.71 bits per heavy atom. The van der Waals surface area contributed by atoms with Crippen molar-refractivity contribution >= 4 is 11.6 Å². The van der Waals surface area contributed by atoms with E-state index in [0.29, 0.717) is 0 Å². The summed E-state index contributed by atoms with van der Waals surface area (Å²) < 4.78 is 0. The number of Topliss-reactive ketones (excluding diaryl/α,β-unsaturated/α-hetero) is 2. The first-order valence-electron chi connectivity index (χ1n) is 2.07. The van der Waals surface area contributed by atoms with Crippen molar-refractivity contribution in [1.82, 2.24) is 5.32 Å². The van der Waals surface area contributed by atoms with Crippen molar-refractivity contribution in [3.8, 4) is 0 Å². The highest BCUT2D eigenvalue weighted by Crippen LogP contribution is 1.81. The first-order chi connectivity index (χ1) is 3.30. The third-order valence-electron chi connectivity index (χ3n) is 0.882. The minimum Gasteiger partial charge on any atom is -0.302 e. The number of ketones is 2. The smallest absolute Gasteiger partial charge is 0.213 e. The van der Waals surface area contributed by atoms with Gasteiger partial charge in [0, 0.05) is 0 Å². The number of rotatable bonds is 0. The molecule has 3 heteroatoms. The largest absolute Gasteiger partial charge is 0.302 e. The van der Waals surface area contributed by atoms with Gasteiger partial charge >= 0.3 is 0 Å². The fourth-order valence-electron chi connectivity index (χ4n) is 0.487. The molecule has 0 bridgehead atoms. The molecule has 1 rings (SSSR count). The highest BCUT2D eigenvalue weighted by Gasteiger charge is 2.18. The lowest BCUT2D eigenvalue weighted by atomic mass is 10.3. The predicted octanol–water partition coefficient (Wildman–Crippen LogP) is -1.27. The molecule has 0 aliphatic carbocycles. The zero-order valence-electron chi connectivity index (χ0n) is 3.73. The molecule has 0 saturated carbocycles. The molecule has 7 heavy (non-hydrogen) atoms. The van der Waals surface area contributed by atoms with Crippen LogP contribution < -0.4 is 5.32 Å². The molecule has 1 saturated heterocycles. The summed E-state index contributed by atoms with van der Waals surface area (Å²) in [4.78, 5) is 20.3. The summed E-state index contributed by atoms with van der Waals surface area (Å²) in [6.07, 6.45) is 0. The molecule has 0 aromatic heterocycles. The van der Waals surface area contributed by atoms with Crippen molar-refractivity contribution in [3.05, 3.63) is 0 Å². The van der Waals surface area contributed by atoms with Gasteiger partial charge in [-0.25, -0.2) is 0 Å². The van der Waals surface area contributed by atoms with Crippen molar-refractivity contribution in [2.24, 2.45) is 0 Å². The summed E-state index contributed by atoms with van der Waals surface area (Å²) in [6, 6.07) is 0. The molecule has 1 fully saturated rings. The first kappa shape index (κ1) is 4.46. The van der Waals surface area contributed by atoms with Gasteiger partial charge in [-0.1, -0.05) is 0 Å². The van der Waals surface area contributed by atoms with Crippen molar-refractivity contribution in [3.63, 3.8) is 0 Å². The van der Waals surface area contributed by atoms with Gasteiger partial charge < -0.3 is 5.32 Å². The number of carbonyl (C=O) groups is 2. The zero-order chi connectivity index (χ0) is 5.28. The van der Waals surface area contributed by atoms with Crippen LogP contribution in [0.25, 0.3) is 0 Å². The van der Waals surface area contributed by atoms with Crippen LogP contribution in [0.4, 0.5) is 0 Å². The second-order valence-electron chi connectivity index (χ2n) is 1.45. The summed E-state index contributed by atoms with van der Waals surface area (Å²) in [6.45, 7) is 0.470. The molecule has 1 aliphatic rings. The van der Waals surface area contributed by atoms with E-state index >= 15 is 0 Å². The summed E-state index contributed by atoms with van der Waals surface area (Å²) in [5.74, 6) is -0.583. The Morgan fingerprint density at radius 1 is 1.14 bits per heavy atom. The van der Waals surface area contributed by atoms with Gasteiger partial charge in [-0.05, 0) is 0 Å². The van der Waals surface area contributed by atoms with E-state index in [0.717, 1.165) is 0 Å². The Balaban J connectivity index is 2.65. The SMILES string of the molecule is O=C1CNCC1=O. The summed E-state index contributed by atoms with van der Waals surface area (Å²) >= 11 is 0. The molecule has 1 aliphatic heterocycles. The van der Waals surface area contributed by atoms with E-state index in [-0.39, 0.29) is 24.7 Å². The third kappa shape index (κ3) is 0.667. The summed E-state index contributed by atoms with van der Waals surface area (Å²) in [5.41, 5.74) is 0. The standard InChI is InChI=1S/C4H5NO2/c6-3-1-5-2-4(3)7/h5H,1-2H2. The molecule has 38 valence electrons. The van der Waals surface area contributed by atoms with Crippen molar-refractivity contribution in [1.29, 1.82) is 0 Å². The highest BCUT2D eigenvalue weighted by molar-refractivity contribution is 6.40. The third-order valence-corrected chi connectivity index (χ3v) is 0.882. The number of hydrogen-bond acceptors (Lipinski definition) is 3. The Kier molecular flexibility index (Phi) is 0.906. The van der Waals surface area contributed by atoms with E-state index in [9.17, 15) is 9.59 Å². The fraction of sp³-hybridized carbons (Fsp3) is 0.500. The first-order valence-corrected chi connectivity index (χ1v) is 2.07. The Morgan fingerprint density at radius 2 is 1.57 bits per heavy atom. The quantitative estimate of drug-likeness (QED) is 0.385. The zero-order valence-corrected chi connectivity index (χ0v) is 3.73. The number of hydrogen-bond donors (Lipinski definition) is 1. The maximum absolute atomic E-state index is 10.2. The molecule has 1 heterocycles. The Bertz CT molecular complexity index is 105. The van der Waals surface area contributed by atoms with Gasteiger partial charge in [0.25, 0.3) is 0 Å². The lowest BCUT2D eigenvalue weighted by Crippen LogP contribution is -2.07. The molecule has 3 nitrogen and oxygen atoms in total. The van der Waals surface area contributed by atoms with Gasteiger partial charge in [0.2, 0.25) is 11.6 Å². The molecular weight excluding hydrogens is 94.0 g/mol. The lowest BCUT2D eigenvalue weighted by Gasteiger charge is -1.73. The molecule has 0 aromatic rings. The summed E-state index contributed by atoms with van der Waals surface area (Å²) in [7, 11) is 0. The Hall–Kier alpha value is -0.700. The van der Waals surface area contributed by atoms with Gasteiger partial charge in [0.15, 0.2) is 0 Å². The van der Waals surface area contributed by atoms with Crippen LogP contribution in [0.5, 0.6) is 0 Å². The summed E-state index contributed by atoms with van der Waals surface area (Å²) in [5, 5.41) is 2.62. The van der Waals surface area contributed by atoms with E-state index < -0.39 is 0 Å². The second kappa shape index (κ2) is 1.42. The van der Waals surface area contributed by atoms with Crippen molar-refractivity contribution in [2.75, 3.05) is 13.1 Å². The maximum Gasteiger partial charge on any atom is 0.213 e. The van der Waals surface area contributed by atoms with Gasteiger partial charge in [0.1, 0.15) is 0 Å². The van der Waals surface area contributed by atoms with E-state index in [1.54, 1.807) is 0 Å². The van der Waals surface area contributed by atoms with Crippen LogP contribution in [0.15, 0.2) is 0 Å². The van der Waals surface area contributed by atoms with E-state index in [1.807, 2.05) is 0 Å². The average Bonchev–Trinajstić information content (AvgIpc) is 1.91. The molecule has 0 amide bonds. The second-order valence-corrected chi connectivity index (χ2v) is 1.45. The fourth-order valence-corrected chi connectivity index (χ4v) is 0.487.